The molecule has 0 saturated carbocycles. The number of piperazine rings is 1. The monoisotopic (exact) mass is 252 g/mol. The van der Waals surface area contributed by atoms with Gasteiger partial charge >= 0.3 is 0 Å². The molecule has 3 nitrogen and oxygen atoms in total. The molecule has 2 rings (SSSR count). The summed E-state index contributed by atoms with van der Waals surface area (Å²) in [4.78, 5) is 4.64. The van der Waals surface area contributed by atoms with E-state index in [1.54, 1.807) is 0 Å². The van der Waals surface area contributed by atoms with E-state index in [4.69, 9.17) is 0 Å². The second kappa shape index (κ2) is 5.67. The Balaban J connectivity index is 2.03. The summed E-state index contributed by atoms with van der Waals surface area (Å²) in [5.74, 6) is -0.104. The first-order valence-electron chi connectivity index (χ1n) is 6.50. The zero-order valence-corrected chi connectivity index (χ0v) is 11.1. The van der Waals surface area contributed by atoms with Crippen LogP contribution in [0.1, 0.15) is 18.9 Å². The number of phenols is 1. The first-order valence-corrected chi connectivity index (χ1v) is 6.50. The van der Waals surface area contributed by atoms with Crippen LogP contribution in [0.5, 0.6) is 5.75 Å². The van der Waals surface area contributed by atoms with E-state index in [2.05, 4.69) is 23.8 Å². The van der Waals surface area contributed by atoms with E-state index in [1.165, 1.54) is 18.2 Å². The molecule has 1 aliphatic heterocycles. The minimum absolute atomic E-state index is 0.184. The largest absolute Gasteiger partial charge is 0.508 e. The highest BCUT2D eigenvalue weighted by atomic mass is 19.1. The van der Waals surface area contributed by atoms with Crippen LogP contribution in [0.15, 0.2) is 18.2 Å². The van der Waals surface area contributed by atoms with Gasteiger partial charge in [-0.1, -0.05) is 6.92 Å². The maximum absolute atomic E-state index is 13.2. The first kappa shape index (κ1) is 13.3. The summed E-state index contributed by atoms with van der Waals surface area (Å²) >= 11 is 0. The van der Waals surface area contributed by atoms with Gasteiger partial charge in [-0.25, -0.2) is 4.39 Å². The Kier molecular flexibility index (Phi) is 4.19. The van der Waals surface area contributed by atoms with Crippen molar-refractivity contribution in [3.05, 3.63) is 29.6 Å². The van der Waals surface area contributed by atoms with E-state index >= 15 is 0 Å². The molecule has 1 aromatic rings. The molecule has 0 bridgehead atoms. The van der Waals surface area contributed by atoms with E-state index in [1.807, 2.05) is 0 Å². The zero-order valence-electron chi connectivity index (χ0n) is 11.1. The van der Waals surface area contributed by atoms with Crippen molar-refractivity contribution >= 4 is 0 Å². The molecule has 100 valence electrons. The van der Waals surface area contributed by atoms with Crippen LogP contribution in [0.4, 0.5) is 4.39 Å². The topological polar surface area (TPSA) is 26.7 Å². The molecule has 18 heavy (non-hydrogen) atoms. The molecule has 1 saturated heterocycles. The van der Waals surface area contributed by atoms with Gasteiger partial charge < -0.3 is 10.0 Å². The predicted molar refractivity (Wildman–Crippen MR) is 70.1 cm³/mol. The van der Waals surface area contributed by atoms with Crippen molar-refractivity contribution in [1.82, 2.24) is 9.80 Å². The lowest BCUT2D eigenvalue weighted by Crippen LogP contribution is -2.50. The lowest BCUT2D eigenvalue weighted by atomic mass is 10.1. The van der Waals surface area contributed by atoms with Crippen LogP contribution in [0, 0.1) is 5.82 Å². The third-order valence-corrected chi connectivity index (χ3v) is 3.77. The number of hydrogen-bond donors (Lipinski definition) is 1. The van der Waals surface area contributed by atoms with Gasteiger partial charge in [-0.2, -0.15) is 0 Å². The Morgan fingerprint density at radius 3 is 2.89 bits per heavy atom. The van der Waals surface area contributed by atoms with E-state index < -0.39 is 0 Å². The lowest BCUT2D eigenvalue weighted by molar-refractivity contribution is 0.0877. The predicted octanol–water partition coefficient (Wildman–Crippen LogP) is 2.06. The minimum Gasteiger partial charge on any atom is -0.508 e. The Hall–Kier alpha value is -1.13. The maximum Gasteiger partial charge on any atom is 0.123 e. The fraction of sp³-hybridized carbons (Fsp3) is 0.571. The molecule has 0 amide bonds. The molecular weight excluding hydrogens is 231 g/mol. The fourth-order valence-corrected chi connectivity index (χ4v) is 2.52. The van der Waals surface area contributed by atoms with Crippen molar-refractivity contribution in [3.8, 4) is 5.75 Å². The Bertz CT molecular complexity index is 411. The van der Waals surface area contributed by atoms with Gasteiger partial charge in [0.1, 0.15) is 11.6 Å². The summed E-state index contributed by atoms with van der Waals surface area (Å²) in [6, 6.07) is 4.69. The second-order valence-electron chi connectivity index (χ2n) is 5.05. The molecule has 1 fully saturated rings. The Morgan fingerprint density at radius 2 is 2.17 bits per heavy atom. The number of phenolic OH excluding ortho intramolecular Hbond substituents is 1. The van der Waals surface area contributed by atoms with Crippen LogP contribution in [0.2, 0.25) is 0 Å². The van der Waals surface area contributed by atoms with E-state index in [0.717, 1.165) is 26.1 Å². The molecule has 1 N–H and O–H groups in total. The zero-order chi connectivity index (χ0) is 13.1. The van der Waals surface area contributed by atoms with Crippen LogP contribution in [0.3, 0.4) is 0 Å². The lowest BCUT2D eigenvalue weighted by Gasteiger charge is -2.39. The summed E-state index contributed by atoms with van der Waals surface area (Å²) in [6.45, 7) is 5.76. The fourth-order valence-electron chi connectivity index (χ4n) is 2.52. The molecule has 1 aromatic carbocycles. The van der Waals surface area contributed by atoms with Crippen molar-refractivity contribution in [2.45, 2.75) is 25.9 Å². The van der Waals surface area contributed by atoms with Gasteiger partial charge in [0.15, 0.2) is 0 Å². The van der Waals surface area contributed by atoms with Gasteiger partial charge in [-0.15, -0.1) is 0 Å². The van der Waals surface area contributed by atoms with Crippen LogP contribution in [0.25, 0.3) is 0 Å². The number of halogens is 1. The molecule has 1 unspecified atom stereocenters. The molecule has 1 heterocycles. The molecule has 4 heteroatoms. The van der Waals surface area contributed by atoms with Gasteiger partial charge in [0, 0.05) is 37.8 Å². The molecule has 0 spiro atoms. The number of nitrogens with zero attached hydrogens (tertiary/aromatic N) is 2. The highest BCUT2D eigenvalue weighted by molar-refractivity contribution is 5.32. The third-order valence-electron chi connectivity index (χ3n) is 3.77. The molecule has 0 aromatic heterocycles. The molecular formula is C14H21FN2O. The second-order valence-corrected chi connectivity index (χ2v) is 5.05. The third kappa shape index (κ3) is 3.00. The Labute approximate surface area is 108 Å². The molecule has 0 radical (unpaired) electrons. The van der Waals surface area contributed by atoms with Gasteiger partial charge in [-0.3, -0.25) is 4.90 Å². The normalized spacial score (nSPS) is 22.3. The van der Waals surface area contributed by atoms with Gasteiger partial charge in [0.05, 0.1) is 0 Å². The molecule has 0 aliphatic carbocycles. The van der Waals surface area contributed by atoms with Crippen LogP contribution in [-0.2, 0) is 6.54 Å². The maximum atomic E-state index is 13.2. The Morgan fingerprint density at radius 1 is 1.39 bits per heavy atom. The number of hydrogen-bond acceptors (Lipinski definition) is 3. The average Bonchev–Trinajstić information content (AvgIpc) is 2.36. The smallest absolute Gasteiger partial charge is 0.123 e. The summed E-state index contributed by atoms with van der Waals surface area (Å²) in [5.41, 5.74) is 0.675. The molecule has 1 aliphatic rings. The van der Waals surface area contributed by atoms with Crippen molar-refractivity contribution in [1.29, 1.82) is 0 Å². The summed E-state index contributed by atoms with van der Waals surface area (Å²) in [6.07, 6.45) is 1.11. The average molecular weight is 252 g/mol. The van der Waals surface area contributed by atoms with Crippen LogP contribution < -0.4 is 0 Å². The SMILES string of the molecule is CCC1CN(Cc2cc(F)ccc2O)CCN1C. The van der Waals surface area contributed by atoms with E-state index in [0.29, 0.717) is 18.2 Å². The summed E-state index contributed by atoms with van der Waals surface area (Å²) in [5, 5.41) is 9.74. The number of rotatable bonds is 3. The highest BCUT2D eigenvalue weighted by Gasteiger charge is 2.23. The number of aromatic hydroxyl groups is 1. The van der Waals surface area contributed by atoms with Crippen molar-refractivity contribution in [2.24, 2.45) is 0 Å². The number of benzene rings is 1. The van der Waals surface area contributed by atoms with Crippen LogP contribution in [-0.4, -0.2) is 47.6 Å². The van der Waals surface area contributed by atoms with Gasteiger partial charge in [0.2, 0.25) is 0 Å². The molecule has 1 atom stereocenters. The standard InChI is InChI=1S/C14H21FN2O/c1-3-13-10-17(7-6-16(13)2)9-11-8-12(15)4-5-14(11)18/h4-5,8,13,18H,3,6-7,9-10H2,1-2H3. The van der Waals surface area contributed by atoms with Gasteiger partial charge in [-0.05, 0) is 31.7 Å². The quantitative estimate of drug-likeness (QED) is 0.892. The highest BCUT2D eigenvalue weighted by Crippen LogP contribution is 2.21. The van der Waals surface area contributed by atoms with E-state index in [-0.39, 0.29) is 11.6 Å². The summed E-state index contributed by atoms with van der Waals surface area (Å²) in [7, 11) is 2.14. The van der Waals surface area contributed by atoms with Crippen molar-refractivity contribution < 1.29 is 9.50 Å². The minimum atomic E-state index is -0.288. The van der Waals surface area contributed by atoms with Crippen molar-refractivity contribution in [2.75, 3.05) is 26.7 Å². The van der Waals surface area contributed by atoms with E-state index in [9.17, 15) is 9.50 Å². The first-order chi connectivity index (χ1) is 8.60. The van der Waals surface area contributed by atoms with Gasteiger partial charge in [0.25, 0.3) is 0 Å². The summed E-state index contributed by atoms with van der Waals surface area (Å²) < 4.78 is 13.2. The number of likely N-dealkylation sites (N-methyl/N-ethyl adjacent to an activating group) is 1. The van der Waals surface area contributed by atoms with Crippen LogP contribution >= 0.6 is 0 Å². The van der Waals surface area contributed by atoms with Crippen molar-refractivity contribution in [3.63, 3.8) is 0 Å².